The van der Waals surface area contributed by atoms with Gasteiger partial charge in [-0.05, 0) is 56.1 Å². The van der Waals surface area contributed by atoms with E-state index in [2.05, 4.69) is 42.5 Å². The average molecular weight is 542 g/mol. The summed E-state index contributed by atoms with van der Waals surface area (Å²) in [5.74, 6) is 1.70. The first kappa shape index (κ1) is 20.8. The van der Waals surface area contributed by atoms with Gasteiger partial charge in [-0.25, -0.2) is 0 Å². The van der Waals surface area contributed by atoms with Crippen molar-refractivity contribution in [1.29, 1.82) is 0 Å². The Bertz CT molecular complexity index is 918. The molecule has 0 aliphatic carbocycles. The standard InChI is InChI=1S/C20H18Br2N2O6/c21-13-9-17-15(27-3-5-29-17)7-11(13)19(25)23-1-2-24-20(26)12-8-16-18(10-14(12)22)30-6-4-28-16/h7-10H,1-6H2,(H,23,25)(H,24,26). The van der Waals surface area contributed by atoms with Crippen molar-refractivity contribution in [2.45, 2.75) is 0 Å². The molecule has 0 spiro atoms. The molecule has 0 saturated carbocycles. The fourth-order valence-corrected chi connectivity index (χ4v) is 4.02. The molecule has 2 aromatic carbocycles. The van der Waals surface area contributed by atoms with Crippen LogP contribution in [0.25, 0.3) is 0 Å². The average Bonchev–Trinajstić information content (AvgIpc) is 2.75. The van der Waals surface area contributed by atoms with Gasteiger partial charge >= 0.3 is 0 Å². The van der Waals surface area contributed by atoms with Crippen molar-refractivity contribution in [3.8, 4) is 23.0 Å². The molecular formula is C20H18Br2N2O6. The monoisotopic (exact) mass is 540 g/mol. The number of ether oxygens (including phenoxy) is 4. The van der Waals surface area contributed by atoms with Crippen LogP contribution in [0.15, 0.2) is 33.2 Å². The van der Waals surface area contributed by atoms with Crippen LogP contribution in [0.4, 0.5) is 0 Å². The third-order valence-corrected chi connectivity index (χ3v) is 5.76. The lowest BCUT2D eigenvalue weighted by Gasteiger charge is -2.20. The summed E-state index contributed by atoms with van der Waals surface area (Å²) < 4.78 is 23.2. The minimum absolute atomic E-state index is 0.258. The van der Waals surface area contributed by atoms with Crippen LogP contribution in [0.2, 0.25) is 0 Å². The number of amides is 2. The molecule has 2 aliphatic heterocycles. The molecule has 158 valence electrons. The predicted molar refractivity (Wildman–Crippen MR) is 115 cm³/mol. The van der Waals surface area contributed by atoms with Crippen molar-refractivity contribution >= 4 is 43.7 Å². The first-order chi connectivity index (χ1) is 14.5. The van der Waals surface area contributed by atoms with Crippen molar-refractivity contribution in [3.05, 3.63) is 44.3 Å². The summed E-state index contributed by atoms with van der Waals surface area (Å²) in [5.41, 5.74) is 0.861. The van der Waals surface area contributed by atoms with Crippen LogP contribution < -0.4 is 29.6 Å². The molecule has 4 rings (SSSR count). The Labute approximate surface area is 189 Å². The SMILES string of the molecule is O=C(NCCNC(=O)c1cc2c(cc1Br)OCCO2)c1cc2c(cc1Br)OCCO2. The van der Waals surface area contributed by atoms with Gasteiger partial charge in [-0.2, -0.15) is 0 Å². The molecule has 2 aromatic rings. The second kappa shape index (κ2) is 9.13. The van der Waals surface area contributed by atoms with E-state index in [0.717, 1.165) is 0 Å². The minimum atomic E-state index is -0.284. The molecule has 0 aromatic heterocycles. The number of fused-ring (bicyclic) bond motifs is 2. The minimum Gasteiger partial charge on any atom is -0.486 e. The first-order valence-electron chi connectivity index (χ1n) is 9.27. The summed E-state index contributed by atoms with van der Waals surface area (Å²) in [6, 6.07) is 6.70. The first-order valence-corrected chi connectivity index (χ1v) is 10.9. The molecule has 0 fully saturated rings. The third kappa shape index (κ3) is 4.49. The Kier molecular flexibility index (Phi) is 6.33. The highest BCUT2D eigenvalue weighted by Crippen LogP contribution is 2.36. The fraction of sp³-hybridized carbons (Fsp3) is 0.300. The summed E-state index contributed by atoms with van der Waals surface area (Å²) in [6.07, 6.45) is 0. The van der Waals surface area contributed by atoms with Crippen LogP contribution >= 0.6 is 31.9 Å². The van der Waals surface area contributed by atoms with Crippen molar-refractivity contribution < 1.29 is 28.5 Å². The normalized spacial score (nSPS) is 14.1. The Hall–Kier alpha value is -2.46. The summed E-state index contributed by atoms with van der Waals surface area (Å²) in [6.45, 7) is 2.35. The molecule has 0 unspecified atom stereocenters. The third-order valence-electron chi connectivity index (χ3n) is 4.45. The van der Waals surface area contributed by atoms with E-state index < -0.39 is 0 Å². The van der Waals surface area contributed by atoms with E-state index in [9.17, 15) is 9.59 Å². The van der Waals surface area contributed by atoms with Crippen molar-refractivity contribution in [3.63, 3.8) is 0 Å². The lowest BCUT2D eigenvalue weighted by Crippen LogP contribution is -2.35. The lowest BCUT2D eigenvalue weighted by atomic mass is 10.1. The van der Waals surface area contributed by atoms with Crippen LogP contribution in [0, 0.1) is 0 Å². The zero-order valence-corrected chi connectivity index (χ0v) is 18.9. The molecule has 2 N–H and O–H groups in total. The summed E-state index contributed by atoms with van der Waals surface area (Å²) >= 11 is 6.77. The van der Waals surface area contributed by atoms with Gasteiger partial charge in [-0.3, -0.25) is 9.59 Å². The fourth-order valence-electron chi connectivity index (χ4n) is 3.02. The van der Waals surface area contributed by atoms with Gasteiger partial charge in [-0.1, -0.05) is 0 Å². The van der Waals surface area contributed by atoms with Crippen molar-refractivity contribution in [2.75, 3.05) is 39.5 Å². The summed E-state index contributed by atoms with van der Waals surface area (Å²) in [5, 5.41) is 5.56. The number of benzene rings is 2. The zero-order valence-electron chi connectivity index (χ0n) is 15.8. The largest absolute Gasteiger partial charge is 0.486 e. The molecule has 0 bridgehead atoms. The van der Waals surface area contributed by atoms with Gasteiger partial charge in [0.1, 0.15) is 26.4 Å². The Morgan fingerprint density at radius 1 is 0.667 bits per heavy atom. The van der Waals surface area contributed by atoms with Crippen molar-refractivity contribution in [2.24, 2.45) is 0 Å². The highest BCUT2D eigenvalue weighted by atomic mass is 79.9. The van der Waals surface area contributed by atoms with Gasteiger partial charge in [0.05, 0.1) is 11.1 Å². The van der Waals surface area contributed by atoms with E-state index in [0.29, 0.717) is 69.5 Å². The number of carbonyl (C=O) groups excluding carboxylic acids is 2. The van der Waals surface area contributed by atoms with E-state index in [1.54, 1.807) is 24.3 Å². The Morgan fingerprint density at radius 2 is 1.00 bits per heavy atom. The van der Waals surface area contributed by atoms with E-state index in [4.69, 9.17) is 18.9 Å². The van der Waals surface area contributed by atoms with Crippen LogP contribution in [-0.2, 0) is 0 Å². The summed E-state index contributed by atoms with van der Waals surface area (Å²) in [4.78, 5) is 25.0. The van der Waals surface area contributed by atoms with Gasteiger partial charge in [0.25, 0.3) is 11.8 Å². The van der Waals surface area contributed by atoms with E-state index in [-0.39, 0.29) is 24.9 Å². The maximum atomic E-state index is 12.5. The zero-order chi connectivity index (χ0) is 21.1. The molecule has 2 amide bonds. The quantitative estimate of drug-likeness (QED) is 0.565. The van der Waals surface area contributed by atoms with Gasteiger partial charge in [0.15, 0.2) is 23.0 Å². The number of halogens is 2. The van der Waals surface area contributed by atoms with Gasteiger partial charge in [0.2, 0.25) is 0 Å². The Balaban J connectivity index is 1.32. The smallest absolute Gasteiger partial charge is 0.252 e. The van der Waals surface area contributed by atoms with Crippen LogP contribution in [0.1, 0.15) is 20.7 Å². The van der Waals surface area contributed by atoms with E-state index >= 15 is 0 Å². The second-order valence-corrected chi connectivity index (χ2v) is 8.17. The van der Waals surface area contributed by atoms with Crippen LogP contribution in [0.3, 0.4) is 0 Å². The molecule has 8 nitrogen and oxygen atoms in total. The molecular weight excluding hydrogens is 524 g/mol. The molecule has 0 saturated heterocycles. The van der Waals surface area contributed by atoms with Gasteiger partial charge < -0.3 is 29.6 Å². The molecule has 2 aliphatic rings. The highest BCUT2D eigenvalue weighted by molar-refractivity contribution is 9.10. The number of hydrogen-bond donors (Lipinski definition) is 2. The molecule has 0 atom stereocenters. The van der Waals surface area contributed by atoms with E-state index in [1.165, 1.54) is 0 Å². The molecule has 2 heterocycles. The number of nitrogens with one attached hydrogen (secondary N) is 2. The Morgan fingerprint density at radius 3 is 1.37 bits per heavy atom. The van der Waals surface area contributed by atoms with Crippen molar-refractivity contribution in [1.82, 2.24) is 10.6 Å². The number of hydrogen-bond acceptors (Lipinski definition) is 6. The predicted octanol–water partition coefficient (Wildman–Crippen LogP) is 2.91. The molecule has 30 heavy (non-hydrogen) atoms. The van der Waals surface area contributed by atoms with E-state index in [1.807, 2.05) is 0 Å². The second-order valence-electron chi connectivity index (χ2n) is 6.46. The summed E-state index contributed by atoms with van der Waals surface area (Å²) in [7, 11) is 0. The highest BCUT2D eigenvalue weighted by Gasteiger charge is 2.20. The number of rotatable bonds is 5. The molecule has 10 heteroatoms. The maximum absolute atomic E-state index is 12.5. The van der Waals surface area contributed by atoms with Crippen LogP contribution in [0.5, 0.6) is 23.0 Å². The number of carbonyl (C=O) groups is 2. The van der Waals surface area contributed by atoms with Gasteiger partial charge in [0, 0.05) is 22.0 Å². The maximum Gasteiger partial charge on any atom is 0.252 e. The molecule has 0 radical (unpaired) electrons. The topological polar surface area (TPSA) is 95.1 Å². The lowest BCUT2D eigenvalue weighted by molar-refractivity contribution is 0.0925. The van der Waals surface area contributed by atoms with Crippen LogP contribution in [-0.4, -0.2) is 51.3 Å². The van der Waals surface area contributed by atoms with Gasteiger partial charge in [-0.15, -0.1) is 0 Å².